The summed E-state index contributed by atoms with van der Waals surface area (Å²) in [7, 11) is 0. The number of nitro groups is 1. The second-order valence-corrected chi connectivity index (χ2v) is 5.17. The Labute approximate surface area is 108 Å². The Morgan fingerprint density at radius 3 is 2.83 bits per heavy atom. The highest BCUT2D eigenvalue weighted by Gasteiger charge is 2.23. The van der Waals surface area contributed by atoms with Crippen molar-refractivity contribution in [3.05, 3.63) is 39.9 Å². The monoisotopic (exact) mass is 248 g/mol. The lowest BCUT2D eigenvalue weighted by Gasteiger charge is -2.13. The lowest BCUT2D eigenvalue weighted by Crippen LogP contribution is -2.28. The van der Waals surface area contributed by atoms with Crippen molar-refractivity contribution in [3.8, 4) is 0 Å². The van der Waals surface area contributed by atoms with E-state index in [4.69, 9.17) is 0 Å². The maximum Gasteiger partial charge on any atom is 0.272 e. The fourth-order valence-electron chi connectivity index (χ4n) is 2.29. The fourth-order valence-corrected chi connectivity index (χ4v) is 2.29. The van der Waals surface area contributed by atoms with Gasteiger partial charge in [0.2, 0.25) is 0 Å². The third kappa shape index (κ3) is 3.81. The Morgan fingerprint density at radius 1 is 1.44 bits per heavy atom. The Morgan fingerprint density at radius 2 is 2.17 bits per heavy atom. The molecule has 0 saturated heterocycles. The Kier molecular flexibility index (Phi) is 4.31. The van der Waals surface area contributed by atoms with Gasteiger partial charge < -0.3 is 5.32 Å². The largest absolute Gasteiger partial charge is 0.314 e. The summed E-state index contributed by atoms with van der Waals surface area (Å²) in [6.45, 7) is 3.00. The first kappa shape index (κ1) is 13.0. The van der Waals surface area contributed by atoms with E-state index in [1.54, 1.807) is 12.1 Å². The molecular formula is C14H20N2O2. The van der Waals surface area contributed by atoms with Crippen molar-refractivity contribution < 1.29 is 4.92 Å². The van der Waals surface area contributed by atoms with Gasteiger partial charge in [0.05, 0.1) is 4.92 Å². The van der Waals surface area contributed by atoms with E-state index in [-0.39, 0.29) is 10.6 Å². The van der Waals surface area contributed by atoms with Gasteiger partial charge in [-0.25, -0.2) is 0 Å². The molecule has 1 aliphatic rings. The Balaban J connectivity index is 1.80. The predicted molar refractivity (Wildman–Crippen MR) is 71.6 cm³/mol. The van der Waals surface area contributed by atoms with Crippen molar-refractivity contribution in [1.29, 1.82) is 0 Å². The molecule has 1 aromatic carbocycles. The zero-order chi connectivity index (χ0) is 13.0. The number of hydrogen-bond acceptors (Lipinski definition) is 3. The number of para-hydroxylation sites is 1. The standard InChI is InChI=1S/C14H20N2O2/c1-11(10-12-6-7-12)15-9-8-13-4-2-3-5-14(13)16(17)18/h2-5,11-12,15H,6-10H2,1H3. The summed E-state index contributed by atoms with van der Waals surface area (Å²) < 4.78 is 0. The second kappa shape index (κ2) is 5.96. The highest BCUT2D eigenvalue weighted by Crippen LogP contribution is 2.33. The first-order valence-corrected chi connectivity index (χ1v) is 6.62. The molecule has 0 bridgehead atoms. The average Bonchev–Trinajstić information content (AvgIpc) is 3.13. The molecule has 4 heteroatoms. The van der Waals surface area contributed by atoms with Crippen molar-refractivity contribution in [2.45, 2.75) is 38.6 Å². The van der Waals surface area contributed by atoms with Crippen LogP contribution in [0, 0.1) is 16.0 Å². The van der Waals surface area contributed by atoms with Crippen molar-refractivity contribution in [1.82, 2.24) is 5.32 Å². The topological polar surface area (TPSA) is 55.2 Å². The van der Waals surface area contributed by atoms with Crippen LogP contribution in [0.2, 0.25) is 0 Å². The lowest BCUT2D eigenvalue weighted by atomic mass is 10.1. The molecule has 18 heavy (non-hydrogen) atoms. The average molecular weight is 248 g/mol. The number of nitrogens with zero attached hydrogens (tertiary/aromatic N) is 1. The molecule has 1 N–H and O–H groups in total. The zero-order valence-corrected chi connectivity index (χ0v) is 10.8. The molecule has 0 spiro atoms. The van der Waals surface area contributed by atoms with Gasteiger partial charge in [-0.15, -0.1) is 0 Å². The number of benzene rings is 1. The van der Waals surface area contributed by atoms with Gasteiger partial charge in [0.15, 0.2) is 0 Å². The molecule has 2 rings (SSSR count). The molecule has 1 atom stereocenters. The number of nitrogens with one attached hydrogen (secondary N) is 1. The predicted octanol–water partition coefficient (Wildman–Crippen LogP) is 2.92. The van der Waals surface area contributed by atoms with Crippen LogP contribution in [-0.4, -0.2) is 17.5 Å². The molecule has 1 unspecified atom stereocenters. The summed E-state index contributed by atoms with van der Waals surface area (Å²) in [6, 6.07) is 7.50. The van der Waals surface area contributed by atoms with E-state index in [1.165, 1.54) is 19.3 Å². The molecule has 0 amide bonds. The summed E-state index contributed by atoms with van der Waals surface area (Å²) in [6.07, 6.45) is 4.69. The molecule has 1 fully saturated rings. The minimum atomic E-state index is -0.303. The smallest absolute Gasteiger partial charge is 0.272 e. The molecule has 0 aliphatic heterocycles. The lowest BCUT2D eigenvalue weighted by molar-refractivity contribution is -0.385. The quantitative estimate of drug-likeness (QED) is 0.596. The van der Waals surface area contributed by atoms with E-state index in [0.29, 0.717) is 12.5 Å². The molecule has 98 valence electrons. The van der Waals surface area contributed by atoms with Crippen molar-refractivity contribution in [2.24, 2.45) is 5.92 Å². The van der Waals surface area contributed by atoms with Gasteiger partial charge in [-0.2, -0.15) is 0 Å². The molecule has 0 radical (unpaired) electrons. The second-order valence-electron chi connectivity index (χ2n) is 5.17. The van der Waals surface area contributed by atoms with Crippen molar-refractivity contribution in [3.63, 3.8) is 0 Å². The van der Waals surface area contributed by atoms with E-state index in [9.17, 15) is 10.1 Å². The van der Waals surface area contributed by atoms with Crippen LogP contribution in [0.1, 0.15) is 31.7 Å². The summed E-state index contributed by atoms with van der Waals surface area (Å²) >= 11 is 0. The first-order chi connectivity index (χ1) is 8.66. The van der Waals surface area contributed by atoms with Crippen LogP contribution >= 0.6 is 0 Å². The van der Waals surface area contributed by atoms with Gasteiger partial charge in [0.25, 0.3) is 5.69 Å². The molecule has 0 heterocycles. The Hall–Kier alpha value is -1.42. The van der Waals surface area contributed by atoms with Gasteiger partial charge in [-0.05, 0) is 32.2 Å². The molecule has 1 saturated carbocycles. The van der Waals surface area contributed by atoms with Gasteiger partial charge in [0.1, 0.15) is 0 Å². The normalized spacial score (nSPS) is 16.5. The fraction of sp³-hybridized carbons (Fsp3) is 0.571. The van der Waals surface area contributed by atoms with E-state index >= 15 is 0 Å². The highest BCUT2D eigenvalue weighted by molar-refractivity contribution is 5.39. The van der Waals surface area contributed by atoms with E-state index in [0.717, 1.165) is 18.0 Å². The summed E-state index contributed by atoms with van der Waals surface area (Å²) in [4.78, 5) is 10.6. The van der Waals surface area contributed by atoms with Gasteiger partial charge in [0, 0.05) is 17.7 Å². The molecule has 4 nitrogen and oxygen atoms in total. The molecular weight excluding hydrogens is 228 g/mol. The minimum absolute atomic E-state index is 0.231. The van der Waals surface area contributed by atoms with Gasteiger partial charge >= 0.3 is 0 Å². The maximum absolute atomic E-state index is 10.9. The zero-order valence-electron chi connectivity index (χ0n) is 10.8. The SMILES string of the molecule is CC(CC1CC1)NCCc1ccccc1[N+](=O)[O-]. The molecule has 1 aliphatic carbocycles. The van der Waals surface area contributed by atoms with Crippen LogP contribution in [0.25, 0.3) is 0 Å². The van der Waals surface area contributed by atoms with Crippen LogP contribution in [0.4, 0.5) is 5.69 Å². The van der Waals surface area contributed by atoms with E-state index in [2.05, 4.69) is 12.2 Å². The summed E-state index contributed by atoms with van der Waals surface area (Å²) in [5.41, 5.74) is 1.04. The third-order valence-corrected chi connectivity index (χ3v) is 3.46. The molecule has 1 aromatic rings. The number of rotatable bonds is 7. The first-order valence-electron chi connectivity index (χ1n) is 6.62. The van der Waals surface area contributed by atoms with Gasteiger partial charge in [-0.3, -0.25) is 10.1 Å². The third-order valence-electron chi connectivity index (χ3n) is 3.46. The van der Waals surface area contributed by atoms with Crippen LogP contribution in [0.15, 0.2) is 24.3 Å². The van der Waals surface area contributed by atoms with Crippen molar-refractivity contribution in [2.75, 3.05) is 6.54 Å². The summed E-state index contributed by atoms with van der Waals surface area (Å²) in [5.74, 6) is 0.915. The van der Waals surface area contributed by atoms with Gasteiger partial charge in [-0.1, -0.05) is 31.0 Å². The van der Waals surface area contributed by atoms with Crippen LogP contribution in [-0.2, 0) is 6.42 Å². The number of nitro benzene ring substituents is 1. The van der Waals surface area contributed by atoms with E-state index < -0.39 is 0 Å². The Bertz CT molecular complexity index is 416. The van der Waals surface area contributed by atoms with Crippen molar-refractivity contribution >= 4 is 5.69 Å². The highest BCUT2D eigenvalue weighted by atomic mass is 16.6. The van der Waals surface area contributed by atoms with Crippen LogP contribution in [0.5, 0.6) is 0 Å². The van der Waals surface area contributed by atoms with Crippen LogP contribution in [0.3, 0.4) is 0 Å². The molecule has 0 aromatic heterocycles. The minimum Gasteiger partial charge on any atom is -0.314 e. The maximum atomic E-state index is 10.9. The van der Waals surface area contributed by atoms with Crippen LogP contribution < -0.4 is 5.32 Å². The number of hydrogen-bond donors (Lipinski definition) is 1. The van der Waals surface area contributed by atoms with E-state index in [1.807, 2.05) is 12.1 Å². The summed E-state index contributed by atoms with van der Waals surface area (Å²) in [5, 5.41) is 14.3.